The quantitative estimate of drug-likeness (QED) is 0.425. The molecule has 0 saturated carbocycles. The van der Waals surface area contributed by atoms with E-state index >= 15 is 0 Å². The third-order valence-corrected chi connectivity index (χ3v) is 2.64. The Labute approximate surface area is 95.0 Å². The van der Waals surface area contributed by atoms with Crippen molar-refractivity contribution in [1.82, 2.24) is 4.90 Å². The maximum atomic E-state index is 11.2. The molecular formula is C13H26NO+. The van der Waals surface area contributed by atoms with E-state index in [4.69, 9.17) is 0 Å². The minimum Gasteiger partial charge on any atom is -0.225 e. The molecule has 0 N–H and O–H groups in total. The fraction of sp³-hybridized carbons (Fsp3) is 0.846. The Kier molecular flexibility index (Phi) is 9.91. The van der Waals surface area contributed by atoms with Crippen LogP contribution in [-0.4, -0.2) is 20.0 Å². The molecule has 0 atom stereocenters. The van der Waals surface area contributed by atoms with E-state index in [2.05, 4.69) is 6.92 Å². The Morgan fingerprint density at radius 2 is 1.40 bits per heavy atom. The van der Waals surface area contributed by atoms with E-state index in [1.807, 2.05) is 14.1 Å². The first-order valence-corrected chi connectivity index (χ1v) is 6.18. The van der Waals surface area contributed by atoms with Crippen molar-refractivity contribution < 1.29 is 4.79 Å². The lowest BCUT2D eigenvalue weighted by atomic mass is 10.1. The topological polar surface area (TPSA) is 23.0 Å². The van der Waals surface area contributed by atoms with Crippen LogP contribution in [0.2, 0.25) is 0 Å². The fourth-order valence-electron chi connectivity index (χ4n) is 1.56. The molecule has 2 nitrogen and oxygen atoms in total. The van der Waals surface area contributed by atoms with Crippen LogP contribution in [0.3, 0.4) is 0 Å². The van der Waals surface area contributed by atoms with Crippen LogP contribution in [0.15, 0.2) is 0 Å². The Morgan fingerprint density at radius 1 is 0.933 bits per heavy atom. The Hall–Kier alpha value is -0.370. The molecule has 0 fully saturated rings. The van der Waals surface area contributed by atoms with Crippen molar-refractivity contribution in [2.45, 2.75) is 57.8 Å². The van der Waals surface area contributed by atoms with Crippen molar-refractivity contribution in [3.05, 3.63) is 6.92 Å². The van der Waals surface area contributed by atoms with Gasteiger partial charge in [-0.2, -0.15) is 0 Å². The van der Waals surface area contributed by atoms with E-state index in [0.717, 1.165) is 12.8 Å². The SMILES string of the molecule is [CH2]CCCCCCCCCC(=O)[N+](C)C. The normalized spacial score (nSPS) is 10.9. The summed E-state index contributed by atoms with van der Waals surface area (Å²) < 4.78 is 0. The fourth-order valence-corrected chi connectivity index (χ4v) is 1.56. The Balaban J connectivity index is 3.08. The van der Waals surface area contributed by atoms with E-state index < -0.39 is 0 Å². The number of nitrogens with zero attached hydrogens (tertiary/aromatic N) is 1. The number of hydrogen-bond donors (Lipinski definition) is 0. The average molecular weight is 212 g/mol. The highest BCUT2D eigenvalue weighted by atomic mass is 16.2. The summed E-state index contributed by atoms with van der Waals surface area (Å²) in [6, 6.07) is 0. The third kappa shape index (κ3) is 9.92. The van der Waals surface area contributed by atoms with Crippen LogP contribution in [-0.2, 0) is 4.79 Å². The van der Waals surface area contributed by atoms with Gasteiger partial charge in [-0.05, 0) is 6.42 Å². The first kappa shape index (κ1) is 14.6. The second kappa shape index (κ2) is 10.2. The van der Waals surface area contributed by atoms with Crippen molar-refractivity contribution in [2.24, 2.45) is 0 Å². The number of unbranched alkanes of at least 4 members (excludes halogenated alkanes) is 7. The van der Waals surface area contributed by atoms with Crippen molar-refractivity contribution in [1.29, 1.82) is 0 Å². The minimum atomic E-state index is 0.257. The van der Waals surface area contributed by atoms with Gasteiger partial charge in [-0.3, -0.25) is 0 Å². The molecule has 0 aliphatic heterocycles. The van der Waals surface area contributed by atoms with Gasteiger partial charge >= 0.3 is 5.91 Å². The van der Waals surface area contributed by atoms with E-state index in [1.54, 1.807) is 4.90 Å². The number of amides is 1. The molecule has 0 rings (SSSR count). The van der Waals surface area contributed by atoms with Crippen LogP contribution in [0, 0.1) is 6.92 Å². The standard InChI is InChI=1S/C13H26NO/c1-4-5-6-7-8-9-10-11-12-13(15)14(2)3/h1,4-12H2,2-3H3/q+1. The average Bonchev–Trinajstić information content (AvgIpc) is 2.21. The van der Waals surface area contributed by atoms with E-state index in [-0.39, 0.29) is 5.91 Å². The molecule has 88 valence electrons. The summed E-state index contributed by atoms with van der Waals surface area (Å²) in [6.45, 7) is 3.83. The van der Waals surface area contributed by atoms with Gasteiger partial charge in [0.25, 0.3) is 0 Å². The lowest BCUT2D eigenvalue weighted by Crippen LogP contribution is -2.27. The summed E-state index contributed by atoms with van der Waals surface area (Å²) in [5.74, 6) is 0.257. The Bertz CT molecular complexity index is 155. The van der Waals surface area contributed by atoms with Crippen LogP contribution in [0.5, 0.6) is 0 Å². The third-order valence-electron chi connectivity index (χ3n) is 2.64. The second-order valence-electron chi connectivity index (χ2n) is 4.37. The predicted octanol–water partition coefficient (Wildman–Crippen LogP) is 3.26. The summed E-state index contributed by atoms with van der Waals surface area (Å²) >= 11 is 0. The minimum absolute atomic E-state index is 0.257. The van der Waals surface area contributed by atoms with Gasteiger partial charge < -0.3 is 0 Å². The molecule has 0 saturated heterocycles. The summed E-state index contributed by atoms with van der Waals surface area (Å²) in [5, 5.41) is 0. The maximum Gasteiger partial charge on any atom is 0.360 e. The van der Waals surface area contributed by atoms with Crippen molar-refractivity contribution >= 4 is 5.91 Å². The van der Waals surface area contributed by atoms with E-state index in [9.17, 15) is 4.79 Å². The van der Waals surface area contributed by atoms with Gasteiger partial charge in [0, 0.05) is 0 Å². The van der Waals surface area contributed by atoms with Gasteiger partial charge in [0.2, 0.25) is 0 Å². The van der Waals surface area contributed by atoms with Gasteiger partial charge in [0.05, 0.1) is 6.42 Å². The molecule has 0 bridgehead atoms. The van der Waals surface area contributed by atoms with Crippen molar-refractivity contribution in [2.75, 3.05) is 14.1 Å². The molecule has 0 aromatic rings. The largest absolute Gasteiger partial charge is 0.360 e. The molecule has 2 radical (unpaired) electrons. The Morgan fingerprint density at radius 3 is 1.87 bits per heavy atom. The van der Waals surface area contributed by atoms with Crippen LogP contribution < -0.4 is 4.90 Å². The predicted molar refractivity (Wildman–Crippen MR) is 65.9 cm³/mol. The van der Waals surface area contributed by atoms with Gasteiger partial charge in [-0.15, -0.1) is 4.90 Å². The van der Waals surface area contributed by atoms with Crippen LogP contribution in [0.25, 0.3) is 0 Å². The number of rotatable bonds is 9. The summed E-state index contributed by atoms with van der Waals surface area (Å²) in [6.07, 6.45) is 10.5. The molecule has 15 heavy (non-hydrogen) atoms. The van der Waals surface area contributed by atoms with Crippen molar-refractivity contribution in [3.63, 3.8) is 0 Å². The summed E-state index contributed by atoms with van der Waals surface area (Å²) in [7, 11) is 3.64. The molecule has 0 spiro atoms. The van der Waals surface area contributed by atoms with Gasteiger partial charge in [0.15, 0.2) is 0 Å². The van der Waals surface area contributed by atoms with Gasteiger partial charge in [-0.1, -0.05) is 51.9 Å². The molecule has 1 amide bonds. The van der Waals surface area contributed by atoms with Gasteiger partial charge in [0.1, 0.15) is 14.1 Å². The smallest absolute Gasteiger partial charge is 0.225 e. The van der Waals surface area contributed by atoms with Gasteiger partial charge in [-0.25, -0.2) is 4.79 Å². The zero-order chi connectivity index (χ0) is 11.5. The summed E-state index contributed by atoms with van der Waals surface area (Å²) in [5.41, 5.74) is 0. The maximum absolute atomic E-state index is 11.2. The highest BCUT2D eigenvalue weighted by molar-refractivity contribution is 5.77. The molecule has 0 heterocycles. The molecular weight excluding hydrogens is 186 g/mol. The second-order valence-corrected chi connectivity index (χ2v) is 4.37. The van der Waals surface area contributed by atoms with Crippen molar-refractivity contribution in [3.8, 4) is 0 Å². The lowest BCUT2D eigenvalue weighted by molar-refractivity contribution is -0.124. The molecule has 0 aromatic heterocycles. The van der Waals surface area contributed by atoms with Crippen LogP contribution >= 0.6 is 0 Å². The molecule has 0 aliphatic carbocycles. The first-order valence-electron chi connectivity index (χ1n) is 6.18. The summed E-state index contributed by atoms with van der Waals surface area (Å²) in [4.78, 5) is 12.9. The number of carbonyl (C=O) groups excluding carboxylic acids is 1. The van der Waals surface area contributed by atoms with E-state index in [1.165, 1.54) is 38.5 Å². The molecule has 0 unspecified atom stereocenters. The molecule has 0 aliphatic rings. The number of hydrogen-bond acceptors (Lipinski definition) is 1. The zero-order valence-corrected chi connectivity index (χ0v) is 10.4. The van der Waals surface area contributed by atoms with E-state index in [0.29, 0.717) is 6.42 Å². The lowest BCUT2D eigenvalue weighted by Gasteiger charge is -2.00. The zero-order valence-electron chi connectivity index (χ0n) is 10.4. The van der Waals surface area contributed by atoms with Crippen LogP contribution in [0.4, 0.5) is 0 Å². The monoisotopic (exact) mass is 212 g/mol. The highest BCUT2D eigenvalue weighted by Gasteiger charge is 2.12. The molecule has 0 aromatic carbocycles. The first-order chi connectivity index (χ1) is 7.18. The number of carbonyl (C=O) groups is 1. The highest BCUT2D eigenvalue weighted by Crippen LogP contribution is 2.09. The molecule has 2 heteroatoms. The van der Waals surface area contributed by atoms with Crippen LogP contribution in [0.1, 0.15) is 57.8 Å².